The van der Waals surface area contributed by atoms with Gasteiger partial charge in [0, 0.05) is 25.7 Å². The number of ether oxygens (including phenoxy) is 4. The van der Waals surface area contributed by atoms with Crippen LogP contribution in [0.25, 0.3) is 0 Å². The minimum Gasteiger partial charge on any atom is -0.462 e. The number of hydrogen-bond acceptors (Lipinski definition) is 15. The van der Waals surface area contributed by atoms with Gasteiger partial charge < -0.3 is 33.8 Å². The van der Waals surface area contributed by atoms with E-state index in [4.69, 9.17) is 37.0 Å². The van der Waals surface area contributed by atoms with Crippen molar-refractivity contribution < 1.29 is 80.2 Å². The van der Waals surface area contributed by atoms with Crippen molar-refractivity contribution in [2.45, 2.75) is 355 Å². The molecule has 86 heavy (non-hydrogen) atoms. The molecule has 19 heteroatoms. The summed E-state index contributed by atoms with van der Waals surface area (Å²) in [6.45, 7) is 9.43. The standard InChI is InChI=1S/C67H130O17P2/c1-7-9-11-13-15-16-17-18-19-23-26-32-38-44-50-65(70)78-56-63(83-66(71)51-45-39-33-27-24-21-20-22-25-30-35-41-47-59(3)4)58-82-86(75,76)80-54-61(68)53-79-85(73,74)81-57-62(55-77-64(69)49-43-37-29-14-12-10-8-2)84-67(72)52-46-40-34-28-31-36-42-48-60(5)6/h59-63,68H,7-58H2,1-6H3,(H,73,74)(H,75,76)/t61-,62+,63+/m0/s1. The maximum Gasteiger partial charge on any atom is 0.472 e. The van der Waals surface area contributed by atoms with Crippen LogP contribution in [0.5, 0.6) is 0 Å². The van der Waals surface area contributed by atoms with Crippen molar-refractivity contribution in [1.29, 1.82) is 0 Å². The van der Waals surface area contributed by atoms with Gasteiger partial charge in [0.1, 0.15) is 19.3 Å². The summed E-state index contributed by atoms with van der Waals surface area (Å²) >= 11 is 0. The van der Waals surface area contributed by atoms with Crippen molar-refractivity contribution in [2.75, 3.05) is 39.6 Å². The number of esters is 4. The summed E-state index contributed by atoms with van der Waals surface area (Å²) in [7, 11) is -9.89. The molecule has 0 saturated carbocycles. The lowest BCUT2D eigenvalue weighted by molar-refractivity contribution is -0.161. The smallest absolute Gasteiger partial charge is 0.462 e. The van der Waals surface area contributed by atoms with Crippen LogP contribution in [0.2, 0.25) is 0 Å². The van der Waals surface area contributed by atoms with Crippen LogP contribution in [0, 0.1) is 11.8 Å². The largest absolute Gasteiger partial charge is 0.472 e. The second-order valence-corrected chi connectivity index (χ2v) is 28.1. The Morgan fingerprint density at radius 1 is 0.314 bits per heavy atom. The van der Waals surface area contributed by atoms with Gasteiger partial charge in [0.05, 0.1) is 26.4 Å². The summed E-state index contributed by atoms with van der Waals surface area (Å²) in [6, 6.07) is 0. The topological polar surface area (TPSA) is 237 Å². The summed E-state index contributed by atoms with van der Waals surface area (Å²) in [5, 5.41) is 10.5. The Morgan fingerprint density at radius 3 is 0.791 bits per heavy atom. The molecule has 0 heterocycles. The highest BCUT2D eigenvalue weighted by Gasteiger charge is 2.30. The number of aliphatic hydroxyl groups excluding tert-OH is 1. The van der Waals surface area contributed by atoms with E-state index < -0.39 is 97.5 Å². The Kier molecular flexibility index (Phi) is 58.0. The predicted molar refractivity (Wildman–Crippen MR) is 345 cm³/mol. The van der Waals surface area contributed by atoms with E-state index in [-0.39, 0.29) is 25.7 Å². The number of unbranched alkanes of at least 4 members (excludes halogenated alkanes) is 36. The predicted octanol–water partition coefficient (Wildman–Crippen LogP) is 18.8. The molecular weight excluding hydrogens is 1140 g/mol. The summed E-state index contributed by atoms with van der Waals surface area (Å²) in [4.78, 5) is 72.2. The minimum atomic E-state index is -4.95. The van der Waals surface area contributed by atoms with Gasteiger partial charge in [-0.25, -0.2) is 9.13 Å². The summed E-state index contributed by atoms with van der Waals surface area (Å²) < 4.78 is 68.0. The van der Waals surface area contributed by atoms with Crippen LogP contribution >= 0.6 is 15.6 Å². The van der Waals surface area contributed by atoms with Gasteiger partial charge >= 0.3 is 39.5 Å². The van der Waals surface area contributed by atoms with E-state index in [0.717, 1.165) is 109 Å². The fourth-order valence-electron chi connectivity index (χ4n) is 10.1. The van der Waals surface area contributed by atoms with Crippen molar-refractivity contribution in [3.05, 3.63) is 0 Å². The maximum atomic E-state index is 13.0. The first-order valence-electron chi connectivity index (χ1n) is 35.0. The molecule has 0 saturated heterocycles. The highest BCUT2D eigenvalue weighted by molar-refractivity contribution is 7.47. The zero-order chi connectivity index (χ0) is 63.6. The second kappa shape index (κ2) is 59.4. The first-order chi connectivity index (χ1) is 41.4. The Morgan fingerprint density at radius 2 is 0.535 bits per heavy atom. The van der Waals surface area contributed by atoms with Gasteiger partial charge in [-0.2, -0.15) is 0 Å². The van der Waals surface area contributed by atoms with Gasteiger partial charge in [-0.1, -0.05) is 286 Å². The summed E-state index contributed by atoms with van der Waals surface area (Å²) in [5.74, 6) is -0.661. The molecule has 0 aromatic rings. The van der Waals surface area contributed by atoms with E-state index in [1.165, 1.54) is 141 Å². The molecule has 0 amide bonds. The van der Waals surface area contributed by atoms with Gasteiger partial charge in [0.2, 0.25) is 0 Å². The number of phosphoric ester groups is 2. The number of carbonyl (C=O) groups excluding carboxylic acids is 4. The average molecular weight is 1270 g/mol. The molecule has 0 bridgehead atoms. The van der Waals surface area contributed by atoms with E-state index in [1.54, 1.807) is 0 Å². The van der Waals surface area contributed by atoms with Crippen LogP contribution in [0.15, 0.2) is 0 Å². The third kappa shape index (κ3) is 60.9. The quantitative estimate of drug-likeness (QED) is 0.0222. The van der Waals surface area contributed by atoms with Crippen molar-refractivity contribution in [3.63, 3.8) is 0 Å². The van der Waals surface area contributed by atoms with Crippen molar-refractivity contribution in [3.8, 4) is 0 Å². The second-order valence-electron chi connectivity index (χ2n) is 25.2. The lowest BCUT2D eigenvalue weighted by atomic mass is 10.0. The zero-order valence-electron chi connectivity index (χ0n) is 55.6. The fraction of sp³-hybridized carbons (Fsp3) is 0.940. The molecule has 0 radical (unpaired) electrons. The van der Waals surface area contributed by atoms with Crippen LogP contribution < -0.4 is 0 Å². The van der Waals surface area contributed by atoms with Crippen LogP contribution in [0.3, 0.4) is 0 Å². The maximum absolute atomic E-state index is 13.0. The van der Waals surface area contributed by atoms with E-state index in [2.05, 4.69) is 41.5 Å². The molecule has 0 aliphatic carbocycles. The third-order valence-corrected chi connectivity index (χ3v) is 17.4. The van der Waals surface area contributed by atoms with Gasteiger partial charge in [-0.15, -0.1) is 0 Å². The van der Waals surface area contributed by atoms with Crippen molar-refractivity contribution >= 4 is 39.5 Å². The molecule has 0 fully saturated rings. The SMILES string of the molecule is CCCCCCCCCCCCCCCCC(=O)OC[C@H](COP(=O)(O)OC[C@@H](O)COP(=O)(O)OC[C@@H](COC(=O)CCCCCCCCC)OC(=O)CCCCCCCCCC(C)C)OC(=O)CCCCCCCCCCCCCCC(C)C. The molecule has 0 aliphatic heterocycles. The molecule has 0 aromatic heterocycles. The van der Waals surface area contributed by atoms with Crippen molar-refractivity contribution in [2.24, 2.45) is 11.8 Å². The van der Waals surface area contributed by atoms with Gasteiger partial charge in [0.15, 0.2) is 12.2 Å². The van der Waals surface area contributed by atoms with Gasteiger partial charge in [0.25, 0.3) is 0 Å². The molecule has 17 nitrogen and oxygen atoms in total. The van der Waals surface area contributed by atoms with E-state index in [9.17, 15) is 43.2 Å². The van der Waals surface area contributed by atoms with Crippen molar-refractivity contribution in [1.82, 2.24) is 0 Å². The molecule has 5 atom stereocenters. The normalized spacial score (nSPS) is 14.2. The minimum absolute atomic E-state index is 0.103. The van der Waals surface area contributed by atoms with E-state index in [0.29, 0.717) is 31.6 Å². The number of hydrogen-bond donors (Lipinski definition) is 3. The average Bonchev–Trinajstić information content (AvgIpc) is 3.69. The lowest BCUT2D eigenvalue weighted by Gasteiger charge is -2.21. The molecule has 2 unspecified atom stereocenters. The fourth-order valence-corrected chi connectivity index (χ4v) is 11.6. The van der Waals surface area contributed by atoms with Gasteiger partial charge in [-0.3, -0.25) is 37.3 Å². The number of carbonyl (C=O) groups is 4. The van der Waals surface area contributed by atoms with E-state index in [1.807, 2.05) is 0 Å². The monoisotopic (exact) mass is 1270 g/mol. The number of phosphoric acid groups is 2. The molecule has 0 aliphatic rings. The van der Waals surface area contributed by atoms with Crippen LogP contribution in [-0.4, -0.2) is 96.7 Å². The summed E-state index contributed by atoms with van der Waals surface area (Å²) in [6.07, 6.45) is 43.2. The van der Waals surface area contributed by atoms with Crippen LogP contribution in [0.4, 0.5) is 0 Å². The first-order valence-corrected chi connectivity index (χ1v) is 38.0. The number of rotatable bonds is 66. The molecule has 0 aromatic carbocycles. The zero-order valence-corrected chi connectivity index (χ0v) is 57.4. The molecule has 510 valence electrons. The molecular formula is C67H130O17P2. The Hall–Kier alpha value is -1.94. The Labute approximate surface area is 524 Å². The highest BCUT2D eigenvalue weighted by atomic mass is 31.2. The molecule has 0 rings (SSSR count). The van der Waals surface area contributed by atoms with Crippen LogP contribution in [0.1, 0.15) is 337 Å². The lowest BCUT2D eigenvalue weighted by Crippen LogP contribution is -2.30. The van der Waals surface area contributed by atoms with Gasteiger partial charge in [-0.05, 0) is 37.5 Å². The Bertz CT molecular complexity index is 1680. The summed E-state index contributed by atoms with van der Waals surface area (Å²) in [5.41, 5.74) is 0. The number of aliphatic hydroxyl groups is 1. The molecule has 3 N–H and O–H groups in total. The third-order valence-electron chi connectivity index (χ3n) is 15.5. The Balaban J connectivity index is 5.21. The van der Waals surface area contributed by atoms with E-state index >= 15 is 0 Å². The first kappa shape index (κ1) is 84.1. The van der Waals surface area contributed by atoms with Crippen LogP contribution in [-0.2, 0) is 65.4 Å². The molecule has 0 spiro atoms. The highest BCUT2D eigenvalue weighted by Crippen LogP contribution is 2.45.